The molecule has 0 fully saturated rings. The number of amides is 1. The molecule has 1 aromatic carbocycles. The number of nitrogens with two attached hydrogens (primary N) is 1. The largest absolute Gasteiger partial charge is 0.399 e. The maximum atomic E-state index is 11.7. The van der Waals surface area contributed by atoms with E-state index in [4.69, 9.17) is 17.3 Å². The molecule has 0 aliphatic heterocycles. The highest BCUT2D eigenvalue weighted by Crippen LogP contribution is 2.10. The number of carbonyl (C=O) groups excluding carboxylic acids is 1. The van der Waals surface area contributed by atoms with Crippen molar-refractivity contribution in [1.82, 2.24) is 9.97 Å². The molecule has 20 heavy (non-hydrogen) atoms. The number of benzene rings is 1. The Balaban J connectivity index is 2.05. The van der Waals surface area contributed by atoms with E-state index in [1.54, 1.807) is 31.2 Å². The summed E-state index contributed by atoms with van der Waals surface area (Å²) in [6.07, 6.45) is 3.04. The van der Waals surface area contributed by atoms with Crippen molar-refractivity contribution in [3.8, 4) is 0 Å². The zero-order valence-corrected chi connectivity index (χ0v) is 11.6. The van der Waals surface area contributed by atoms with Crippen LogP contribution >= 0.6 is 11.6 Å². The molecule has 0 spiro atoms. The minimum atomic E-state index is -0.339. The first-order valence-electron chi connectivity index (χ1n) is 5.89. The zero-order chi connectivity index (χ0) is 14.5. The van der Waals surface area contributed by atoms with Gasteiger partial charge in [0.05, 0.1) is 0 Å². The minimum absolute atomic E-state index is 0.178. The Labute approximate surface area is 121 Å². The van der Waals surface area contributed by atoms with Gasteiger partial charge in [-0.15, -0.1) is 0 Å². The van der Waals surface area contributed by atoms with Gasteiger partial charge >= 0.3 is 0 Å². The SMILES string of the molecule is Cc1cc(Cl)nc(NC(=O)/C=C/c2cccc(N)c2)n1. The van der Waals surface area contributed by atoms with Gasteiger partial charge in [-0.1, -0.05) is 23.7 Å². The fraction of sp³-hybridized carbons (Fsp3) is 0.0714. The molecule has 5 nitrogen and oxygen atoms in total. The van der Waals surface area contributed by atoms with Crippen molar-refractivity contribution in [3.05, 3.63) is 52.8 Å². The number of aryl methyl sites for hydroxylation is 1. The predicted molar refractivity (Wildman–Crippen MR) is 80.3 cm³/mol. The molecule has 2 aromatic rings. The predicted octanol–water partition coefficient (Wildman–Crippen LogP) is 2.67. The Kier molecular flexibility index (Phi) is 4.32. The zero-order valence-electron chi connectivity index (χ0n) is 10.8. The Bertz CT molecular complexity index is 650. The average Bonchev–Trinajstić information content (AvgIpc) is 2.35. The summed E-state index contributed by atoms with van der Waals surface area (Å²) in [5.41, 5.74) is 7.81. The van der Waals surface area contributed by atoms with Crippen LogP contribution in [0.25, 0.3) is 6.08 Å². The highest BCUT2D eigenvalue weighted by molar-refractivity contribution is 6.29. The van der Waals surface area contributed by atoms with Gasteiger partial charge in [0, 0.05) is 17.5 Å². The molecule has 0 atom stereocenters. The van der Waals surface area contributed by atoms with Crippen LogP contribution < -0.4 is 11.1 Å². The second-order valence-electron chi connectivity index (χ2n) is 4.15. The third kappa shape index (κ3) is 4.07. The molecule has 0 unspecified atom stereocenters. The third-order valence-electron chi connectivity index (χ3n) is 2.40. The number of nitrogens with one attached hydrogen (secondary N) is 1. The number of aromatic nitrogens is 2. The first-order chi connectivity index (χ1) is 9.52. The standard InChI is InChI=1S/C14H13ClN4O/c1-9-7-12(15)18-14(17-9)19-13(20)6-5-10-3-2-4-11(16)8-10/h2-8H,16H2,1H3,(H,17,18,19,20)/b6-5+. The van der Waals surface area contributed by atoms with Gasteiger partial charge in [0.2, 0.25) is 5.95 Å². The van der Waals surface area contributed by atoms with Crippen LogP contribution in [0.3, 0.4) is 0 Å². The van der Waals surface area contributed by atoms with Crippen LogP contribution in [0, 0.1) is 6.92 Å². The van der Waals surface area contributed by atoms with Crippen LogP contribution in [0.2, 0.25) is 5.15 Å². The maximum absolute atomic E-state index is 11.7. The first-order valence-corrected chi connectivity index (χ1v) is 6.26. The van der Waals surface area contributed by atoms with Crippen molar-refractivity contribution < 1.29 is 4.79 Å². The molecule has 0 bridgehead atoms. The number of nitrogens with zero attached hydrogens (tertiary/aromatic N) is 2. The number of carbonyl (C=O) groups is 1. The van der Waals surface area contributed by atoms with E-state index in [0.717, 1.165) is 5.56 Å². The number of nitrogen functional groups attached to an aromatic ring is 1. The van der Waals surface area contributed by atoms with Gasteiger partial charge in [-0.05, 0) is 36.8 Å². The van der Waals surface area contributed by atoms with Crippen molar-refractivity contribution >= 4 is 35.2 Å². The smallest absolute Gasteiger partial charge is 0.250 e. The lowest BCUT2D eigenvalue weighted by Gasteiger charge is -2.02. The molecule has 0 saturated heterocycles. The summed E-state index contributed by atoms with van der Waals surface area (Å²) in [5, 5.41) is 2.83. The van der Waals surface area contributed by atoms with Crippen LogP contribution in [0.1, 0.15) is 11.3 Å². The lowest BCUT2D eigenvalue weighted by Crippen LogP contribution is -2.11. The molecule has 0 saturated carbocycles. The molecular weight excluding hydrogens is 276 g/mol. The van der Waals surface area contributed by atoms with Crippen LogP contribution in [0.15, 0.2) is 36.4 Å². The van der Waals surface area contributed by atoms with Crippen molar-refractivity contribution in [2.24, 2.45) is 0 Å². The van der Waals surface area contributed by atoms with E-state index in [1.165, 1.54) is 6.08 Å². The summed E-state index contributed by atoms with van der Waals surface area (Å²) in [6, 6.07) is 8.82. The summed E-state index contributed by atoms with van der Waals surface area (Å²) >= 11 is 5.79. The second kappa shape index (κ2) is 6.16. The van der Waals surface area contributed by atoms with E-state index in [0.29, 0.717) is 11.4 Å². The minimum Gasteiger partial charge on any atom is -0.399 e. The lowest BCUT2D eigenvalue weighted by atomic mass is 10.2. The van der Waals surface area contributed by atoms with Crippen molar-refractivity contribution in [3.63, 3.8) is 0 Å². The number of halogens is 1. The Morgan fingerprint density at radius 2 is 2.15 bits per heavy atom. The van der Waals surface area contributed by atoms with E-state index in [9.17, 15) is 4.79 Å². The topological polar surface area (TPSA) is 80.9 Å². The Morgan fingerprint density at radius 3 is 2.85 bits per heavy atom. The van der Waals surface area contributed by atoms with Gasteiger partial charge in [-0.25, -0.2) is 9.97 Å². The van der Waals surface area contributed by atoms with E-state index >= 15 is 0 Å². The third-order valence-corrected chi connectivity index (χ3v) is 2.59. The molecule has 0 aliphatic carbocycles. The molecular formula is C14H13ClN4O. The molecule has 0 aliphatic rings. The normalized spacial score (nSPS) is 10.7. The van der Waals surface area contributed by atoms with Gasteiger partial charge in [0.1, 0.15) is 5.15 Å². The van der Waals surface area contributed by atoms with Gasteiger partial charge in [0.15, 0.2) is 0 Å². The molecule has 6 heteroatoms. The highest BCUT2D eigenvalue weighted by Gasteiger charge is 2.03. The summed E-state index contributed by atoms with van der Waals surface area (Å²) in [6.45, 7) is 1.77. The van der Waals surface area contributed by atoms with Gasteiger partial charge < -0.3 is 5.73 Å². The second-order valence-corrected chi connectivity index (χ2v) is 4.54. The molecule has 1 amide bonds. The van der Waals surface area contributed by atoms with Crippen LogP contribution in [0.5, 0.6) is 0 Å². The van der Waals surface area contributed by atoms with Crippen molar-refractivity contribution in [1.29, 1.82) is 0 Å². The molecule has 3 N–H and O–H groups in total. The number of hydrogen-bond acceptors (Lipinski definition) is 4. The maximum Gasteiger partial charge on any atom is 0.250 e. The van der Waals surface area contributed by atoms with Gasteiger partial charge in [-0.3, -0.25) is 10.1 Å². The monoisotopic (exact) mass is 288 g/mol. The summed E-state index contributed by atoms with van der Waals surface area (Å²) in [7, 11) is 0. The van der Waals surface area contributed by atoms with Crippen LogP contribution in [0.4, 0.5) is 11.6 Å². The fourth-order valence-corrected chi connectivity index (χ4v) is 1.81. The molecule has 2 rings (SSSR count). The fourth-order valence-electron chi connectivity index (χ4n) is 1.57. The summed E-state index contributed by atoms with van der Waals surface area (Å²) < 4.78 is 0. The van der Waals surface area contributed by atoms with Crippen molar-refractivity contribution in [2.45, 2.75) is 6.92 Å². The van der Waals surface area contributed by atoms with E-state index in [-0.39, 0.29) is 17.0 Å². The Hall–Kier alpha value is -2.40. The lowest BCUT2D eigenvalue weighted by molar-refractivity contribution is -0.111. The molecule has 1 heterocycles. The van der Waals surface area contributed by atoms with Crippen LogP contribution in [-0.4, -0.2) is 15.9 Å². The van der Waals surface area contributed by atoms with E-state index < -0.39 is 0 Å². The summed E-state index contributed by atoms with van der Waals surface area (Å²) in [4.78, 5) is 19.7. The number of anilines is 2. The van der Waals surface area contributed by atoms with Crippen molar-refractivity contribution in [2.75, 3.05) is 11.1 Å². The molecule has 102 valence electrons. The quantitative estimate of drug-likeness (QED) is 0.517. The Morgan fingerprint density at radius 1 is 1.35 bits per heavy atom. The van der Waals surface area contributed by atoms with E-state index in [2.05, 4.69) is 15.3 Å². The summed E-state index contributed by atoms with van der Waals surface area (Å²) in [5.74, 6) is -0.161. The first kappa shape index (κ1) is 14.0. The molecule has 1 aromatic heterocycles. The number of rotatable bonds is 3. The number of hydrogen-bond donors (Lipinski definition) is 2. The van der Waals surface area contributed by atoms with E-state index in [1.807, 2.05) is 12.1 Å². The average molecular weight is 289 g/mol. The van der Waals surface area contributed by atoms with Gasteiger partial charge in [0.25, 0.3) is 5.91 Å². The molecule has 0 radical (unpaired) electrons. The van der Waals surface area contributed by atoms with Crippen LogP contribution in [-0.2, 0) is 4.79 Å². The highest BCUT2D eigenvalue weighted by atomic mass is 35.5. The van der Waals surface area contributed by atoms with Gasteiger partial charge in [-0.2, -0.15) is 0 Å².